The first-order valence-corrected chi connectivity index (χ1v) is 7.18. The quantitative estimate of drug-likeness (QED) is 0.864. The van der Waals surface area contributed by atoms with Crippen LogP contribution in [0.5, 0.6) is 0 Å². The normalized spacial score (nSPS) is 28.3. The molecule has 3 rings (SSSR count). The molecule has 0 radical (unpaired) electrons. The molecule has 2 aliphatic rings. The second-order valence-corrected chi connectivity index (χ2v) is 6.07. The van der Waals surface area contributed by atoms with Crippen LogP contribution in [-0.2, 0) is 0 Å². The van der Waals surface area contributed by atoms with Gasteiger partial charge in [-0.2, -0.15) is 0 Å². The van der Waals surface area contributed by atoms with Gasteiger partial charge in [0.15, 0.2) is 0 Å². The largest absolute Gasteiger partial charge is 0.367 e. The lowest BCUT2D eigenvalue weighted by Crippen LogP contribution is -2.43. The van der Waals surface area contributed by atoms with Crippen LogP contribution < -0.4 is 10.9 Å². The summed E-state index contributed by atoms with van der Waals surface area (Å²) in [6, 6.07) is 1.99. The number of piperidine rings is 1. The SMILES string of the molecule is CC1CN(C)CCC1Nc1cc(=O)[nH]c(C2CC2)n1. The van der Waals surface area contributed by atoms with Crippen molar-refractivity contribution in [2.75, 3.05) is 25.5 Å². The fourth-order valence-corrected chi connectivity index (χ4v) is 2.86. The lowest BCUT2D eigenvalue weighted by atomic mass is 9.94. The Bertz CT molecular complexity index is 508. The molecule has 19 heavy (non-hydrogen) atoms. The highest BCUT2D eigenvalue weighted by atomic mass is 16.1. The smallest absolute Gasteiger partial charge is 0.252 e. The lowest BCUT2D eigenvalue weighted by molar-refractivity contribution is 0.206. The zero-order chi connectivity index (χ0) is 13.4. The van der Waals surface area contributed by atoms with E-state index in [0.717, 1.165) is 44.0 Å². The molecule has 0 bridgehead atoms. The van der Waals surface area contributed by atoms with Crippen molar-refractivity contribution in [1.29, 1.82) is 0 Å². The van der Waals surface area contributed by atoms with Crippen molar-refractivity contribution >= 4 is 5.82 Å². The third-order valence-corrected chi connectivity index (χ3v) is 4.17. The molecule has 0 amide bonds. The van der Waals surface area contributed by atoms with E-state index in [2.05, 4.69) is 34.2 Å². The summed E-state index contributed by atoms with van der Waals surface area (Å²) in [4.78, 5) is 21.4. The Hall–Kier alpha value is -1.36. The van der Waals surface area contributed by atoms with Gasteiger partial charge in [0.25, 0.3) is 5.56 Å². The van der Waals surface area contributed by atoms with Crippen LogP contribution in [0.1, 0.15) is 37.9 Å². The number of hydrogen-bond acceptors (Lipinski definition) is 4. The van der Waals surface area contributed by atoms with Gasteiger partial charge in [-0.25, -0.2) is 4.98 Å². The first-order valence-electron chi connectivity index (χ1n) is 7.18. The topological polar surface area (TPSA) is 61.0 Å². The maximum Gasteiger partial charge on any atom is 0.252 e. The van der Waals surface area contributed by atoms with Gasteiger partial charge < -0.3 is 15.2 Å². The Morgan fingerprint density at radius 3 is 2.89 bits per heavy atom. The minimum Gasteiger partial charge on any atom is -0.367 e. The minimum atomic E-state index is -0.0417. The molecule has 2 fully saturated rings. The van der Waals surface area contributed by atoms with Crippen molar-refractivity contribution in [2.24, 2.45) is 5.92 Å². The molecule has 5 heteroatoms. The number of aromatic nitrogens is 2. The van der Waals surface area contributed by atoms with Crippen LogP contribution in [0.3, 0.4) is 0 Å². The number of H-pyrrole nitrogens is 1. The van der Waals surface area contributed by atoms with E-state index in [4.69, 9.17) is 0 Å². The van der Waals surface area contributed by atoms with Crippen LogP contribution in [0.25, 0.3) is 0 Å². The molecule has 2 N–H and O–H groups in total. The molecule has 5 nitrogen and oxygen atoms in total. The van der Waals surface area contributed by atoms with E-state index in [1.165, 1.54) is 0 Å². The highest BCUT2D eigenvalue weighted by Gasteiger charge is 2.28. The zero-order valence-electron chi connectivity index (χ0n) is 11.6. The molecular formula is C14H22N4O. The van der Waals surface area contributed by atoms with Gasteiger partial charge in [-0.15, -0.1) is 0 Å². The van der Waals surface area contributed by atoms with Gasteiger partial charge in [0.2, 0.25) is 0 Å². The van der Waals surface area contributed by atoms with E-state index >= 15 is 0 Å². The third-order valence-electron chi connectivity index (χ3n) is 4.17. The molecule has 1 saturated heterocycles. The molecule has 0 aromatic carbocycles. The predicted octanol–water partition coefficient (Wildman–Crippen LogP) is 1.40. The van der Waals surface area contributed by atoms with Crippen molar-refractivity contribution in [2.45, 2.75) is 38.1 Å². The Balaban J connectivity index is 1.73. The molecular weight excluding hydrogens is 240 g/mol. The second-order valence-electron chi connectivity index (χ2n) is 6.07. The highest BCUT2D eigenvalue weighted by Crippen LogP contribution is 2.37. The van der Waals surface area contributed by atoms with E-state index in [9.17, 15) is 4.79 Å². The summed E-state index contributed by atoms with van der Waals surface area (Å²) in [5, 5.41) is 3.46. The first kappa shape index (κ1) is 12.7. The predicted molar refractivity (Wildman–Crippen MR) is 75.5 cm³/mol. The number of nitrogens with one attached hydrogen (secondary N) is 2. The molecule has 1 aromatic heterocycles. The van der Waals surface area contributed by atoms with E-state index in [1.807, 2.05) is 0 Å². The van der Waals surface area contributed by atoms with Gasteiger partial charge in [-0.1, -0.05) is 6.92 Å². The molecule has 1 aromatic rings. The van der Waals surface area contributed by atoms with Gasteiger partial charge in [-0.3, -0.25) is 4.79 Å². The minimum absolute atomic E-state index is 0.0417. The van der Waals surface area contributed by atoms with Crippen molar-refractivity contribution < 1.29 is 0 Å². The van der Waals surface area contributed by atoms with Crippen molar-refractivity contribution in [3.63, 3.8) is 0 Å². The van der Waals surface area contributed by atoms with Crippen LogP contribution in [0.2, 0.25) is 0 Å². The van der Waals surface area contributed by atoms with Crippen LogP contribution in [0, 0.1) is 5.92 Å². The van der Waals surface area contributed by atoms with Gasteiger partial charge in [0, 0.05) is 24.6 Å². The summed E-state index contributed by atoms with van der Waals surface area (Å²) in [6.07, 6.45) is 3.40. The van der Waals surface area contributed by atoms with E-state index in [-0.39, 0.29) is 5.56 Å². The van der Waals surface area contributed by atoms with Crippen molar-refractivity contribution in [3.05, 3.63) is 22.2 Å². The maximum absolute atomic E-state index is 11.7. The fraction of sp³-hybridized carbons (Fsp3) is 0.714. The van der Waals surface area contributed by atoms with Crippen molar-refractivity contribution in [3.8, 4) is 0 Å². The number of rotatable bonds is 3. The average Bonchev–Trinajstić information content (AvgIpc) is 3.16. The summed E-state index contributed by atoms with van der Waals surface area (Å²) in [5.41, 5.74) is -0.0417. The van der Waals surface area contributed by atoms with E-state index in [1.54, 1.807) is 6.07 Å². The third kappa shape index (κ3) is 2.97. The van der Waals surface area contributed by atoms with Gasteiger partial charge >= 0.3 is 0 Å². The molecule has 1 saturated carbocycles. The maximum atomic E-state index is 11.7. The van der Waals surface area contributed by atoms with Gasteiger partial charge in [-0.05, 0) is 38.8 Å². The molecule has 0 spiro atoms. The average molecular weight is 262 g/mol. The molecule has 2 heterocycles. The van der Waals surface area contributed by atoms with Crippen molar-refractivity contribution in [1.82, 2.24) is 14.9 Å². The Morgan fingerprint density at radius 1 is 1.42 bits per heavy atom. The van der Waals surface area contributed by atoms with Crippen LogP contribution in [0.4, 0.5) is 5.82 Å². The van der Waals surface area contributed by atoms with Gasteiger partial charge in [0.05, 0.1) is 0 Å². The molecule has 104 valence electrons. The fourth-order valence-electron chi connectivity index (χ4n) is 2.86. The Labute approximate surface area is 113 Å². The monoisotopic (exact) mass is 262 g/mol. The second kappa shape index (κ2) is 4.96. The summed E-state index contributed by atoms with van der Waals surface area (Å²) in [6.45, 7) is 4.44. The first-order chi connectivity index (χ1) is 9.11. The number of aromatic amines is 1. The molecule has 1 aliphatic carbocycles. The highest BCUT2D eigenvalue weighted by molar-refractivity contribution is 5.35. The van der Waals surface area contributed by atoms with Crippen LogP contribution >= 0.6 is 0 Å². The molecule has 2 atom stereocenters. The number of nitrogens with zero attached hydrogens (tertiary/aromatic N) is 2. The van der Waals surface area contributed by atoms with Gasteiger partial charge in [0.1, 0.15) is 11.6 Å². The lowest BCUT2D eigenvalue weighted by Gasteiger charge is -2.35. The van der Waals surface area contributed by atoms with Crippen LogP contribution in [-0.4, -0.2) is 41.0 Å². The molecule has 1 aliphatic heterocycles. The van der Waals surface area contributed by atoms with Crippen LogP contribution in [0.15, 0.2) is 10.9 Å². The van der Waals surface area contributed by atoms with E-state index in [0.29, 0.717) is 17.9 Å². The Morgan fingerprint density at radius 2 is 2.21 bits per heavy atom. The van der Waals surface area contributed by atoms with E-state index < -0.39 is 0 Å². The molecule has 2 unspecified atom stereocenters. The summed E-state index contributed by atoms with van der Waals surface area (Å²) >= 11 is 0. The zero-order valence-corrected chi connectivity index (χ0v) is 11.6. The Kier molecular flexibility index (Phi) is 3.31. The summed E-state index contributed by atoms with van der Waals surface area (Å²) < 4.78 is 0. The number of likely N-dealkylation sites (tertiary alicyclic amines) is 1. The number of anilines is 1. The summed E-state index contributed by atoms with van der Waals surface area (Å²) in [7, 11) is 2.16. The number of hydrogen-bond donors (Lipinski definition) is 2. The summed E-state index contributed by atoms with van der Waals surface area (Å²) in [5.74, 6) is 2.65. The standard InChI is InChI=1S/C14H22N4O/c1-9-8-18(2)6-5-11(9)15-12-7-13(19)17-14(16-12)10-3-4-10/h7,9-11H,3-6,8H2,1-2H3,(H2,15,16,17,19).